The van der Waals surface area contributed by atoms with Crippen LogP contribution in [-0.4, -0.2) is 33.6 Å². The van der Waals surface area contributed by atoms with Crippen LogP contribution in [-0.2, 0) is 10.2 Å². The Morgan fingerprint density at radius 3 is 2.59 bits per heavy atom. The Morgan fingerprint density at radius 2 is 1.93 bits per heavy atom. The Labute approximate surface area is 172 Å². The lowest BCUT2D eigenvalue weighted by Crippen LogP contribution is -2.14. The van der Waals surface area contributed by atoms with E-state index in [0.29, 0.717) is 32.7 Å². The van der Waals surface area contributed by atoms with E-state index in [-0.39, 0.29) is 23.8 Å². The molecule has 0 unspecified atom stereocenters. The third-order valence-electron chi connectivity index (χ3n) is 3.98. The van der Waals surface area contributed by atoms with E-state index in [4.69, 9.17) is 9.26 Å². The number of esters is 1. The van der Waals surface area contributed by atoms with Gasteiger partial charge in [-0.2, -0.15) is 4.98 Å². The summed E-state index contributed by atoms with van der Waals surface area (Å²) in [5, 5.41) is 7.07. The summed E-state index contributed by atoms with van der Waals surface area (Å²) in [6.07, 6.45) is 0. The van der Waals surface area contributed by atoms with Gasteiger partial charge in [0.05, 0.1) is 23.4 Å². The van der Waals surface area contributed by atoms with Crippen LogP contribution in [0, 0.1) is 6.92 Å². The molecule has 0 aliphatic carbocycles. The summed E-state index contributed by atoms with van der Waals surface area (Å²) in [4.78, 5) is 33.9. The summed E-state index contributed by atoms with van der Waals surface area (Å²) in [6, 6.07) is 6.94. The normalized spacial score (nSPS) is 11.3. The van der Waals surface area contributed by atoms with Gasteiger partial charge in [0.25, 0.3) is 11.8 Å². The van der Waals surface area contributed by atoms with Crippen LogP contribution in [0.25, 0.3) is 11.5 Å². The fourth-order valence-corrected chi connectivity index (χ4v) is 3.36. The van der Waals surface area contributed by atoms with Gasteiger partial charge < -0.3 is 9.26 Å². The van der Waals surface area contributed by atoms with Crippen LogP contribution < -0.4 is 5.32 Å². The molecule has 0 bridgehead atoms. The predicted molar refractivity (Wildman–Crippen MR) is 109 cm³/mol. The molecule has 0 spiro atoms. The van der Waals surface area contributed by atoms with Gasteiger partial charge in [0.1, 0.15) is 4.88 Å². The zero-order valence-electron chi connectivity index (χ0n) is 16.9. The molecule has 0 saturated heterocycles. The number of benzene rings is 1. The minimum absolute atomic E-state index is 0.267. The maximum absolute atomic E-state index is 12.9. The molecular weight excluding hydrogens is 392 g/mol. The number of nitrogens with one attached hydrogen (secondary N) is 1. The van der Waals surface area contributed by atoms with Crippen molar-refractivity contribution in [1.29, 1.82) is 0 Å². The Morgan fingerprint density at radius 1 is 1.21 bits per heavy atom. The maximum atomic E-state index is 12.9. The molecule has 0 fully saturated rings. The fraction of sp³-hybridized carbons (Fsp3) is 0.350. The van der Waals surface area contributed by atoms with Gasteiger partial charge in [0, 0.05) is 5.41 Å². The first kappa shape index (κ1) is 20.7. The molecule has 2 aromatic heterocycles. The highest BCUT2D eigenvalue weighted by molar-refractivity contribution is 7.17. The van der Waals surface area contributed by atoms with E-state index >= 15 is 0 Å². The van der Waals surface area contributed by atoms with E-state index in [0.717, 1.165) is 11.3 Å². The number of aryl methyl sites for hydroxylation is 1. The highest BCUT2D eigenvalue weighted by atomic mass is 32.1. The molecule has 8 nitrogen and oxygen atoms in total. The molecule has 29 heavy (non-hydrogen) atoms. The molecular formula is C20H22N4O4S. The van der Waals surface area contributed by atoms with Gasteiger partial charge >= 0.3 is 5.97 Å². The molecule has 0 atom stereocenters. The minimum Gasteiger partial charge on any atom is -0.462 e. The zero-order valence-corrected chi connectivity index (χ0v) is 17.7. The summed E-state index contributed by atoms with van der Waals surface area (Å²) in [5.74, 6) is -0.0234. The second-order valence-corrected chi connectivity index (χ2v) is 8.33. The monoisotopic (exact) mass is 414 g/mol. The SMILES string of the molecule is CCOC(=O)c1sc(NC(=O)c2ccccc2-c2nc(C(C)(C)C)no2)nc1C. The first-order valence-electron chi connectivity index (χ1n) is 9.10. The van der Waals surface area contributed by atoms with Crippen LogP contribution in [0.5, 0.6) is 0 Å². The molecule has 0 radical (unpaired) electrons. The van der Waals surface area contributed by atoms with Gasteiger partial charge in [-0.15, -0.1) is 0 Å². The number of carbonyl (C=O) groups excluding carboxylic acids is 2. The van der Waals surface area contributed by atoms with Crippen LogP contribution in [0.3, 0.4) is 0 Å². The molecule has 1 amide bonds. The summed E-state index contributed by atoms with van der Waals surface area (Å²) >= 11 is 1.07. The Hall–Kier alpha value is -3.07. The van der Waals surface area contributed by atoms with Crippen LogP contribution in [0.4, 0.5) is 5.13 Å². The van der Waals surface area contributed by atoms with Crippen molar-refractivity contribution in [2.24, 2.45) is 0 Å². The second-order valence-electron chi connectivity index (χ2n) is 7.33. The highest BCUT2D eigenvalue weighted by Gasteiger charge is 2.24. The Balaban J connectivity index is 1.87. The maximum Gasteiger partial charge on any atom is 0.350 e. The van der Waals surface area contributed by atoms with Crippen LogP contribution in [0.2, 0.25) is 0 Å². The number of hydrogen-bond acceptors (Lipinski definition) is 8. The number of rotatable bonds is 5. The van der Waals surface area contributed by atoms with Crippen molar-refractivity contribution < 1.29 is 18.8 Å². The first-order valence-corrected chi connectivity index (χ1v) is 9.91. The lowest BCUT2D eigenvalue weighted by molar-refractivity contribution is 0.0531. The van der Waals surface area contributed by atoms with Gasteiger partial charge in [0.2, 0.25) is 0 Å². The number of thiazole rings is 1. The van der Waals surface area contributed by atoms with Gasteiger partial charge in [-0.25, -0.2) is 9.78 Å². The average Bonchev–Trinajstić information content (AvgIpc) is 3.29. The standard InChI is InChI=1S/C20H22N4O4S/c1-6-27-17(26)14-11(2)21-19(29-14)22-15(25)12-9-7-8-10-13(12)16-23-18(24-28-16)20(3,4)5/h7-10H,6H2,1-5H3,(H,21,22,25). The van der Waals surface area contributed by atoms with Gasteiger partial charge in [0.15, 0.2) is 11.0 Å². The molecule has 0 aliphatic heterocycles. The molecule has 3 rings (SSSR count). The van der Waals surface area contributed by atoms with Crippen molar-refractivity contribution in [3.05, 3.63) is 46.2 Å². The molecule has 3 aromatic rings. The third-order valence-corrected chi connectivity index (χ3v) is 5.03. The van der Waals surface area contributed by atoms with Gasteiger partial charge in [-0.05, 0) is 26.0 Å². The second kappa shape index (κ2) is 8.12. The van der Waals surface area contributed by atoms with E-state index in [1.54, 1.807) is 38.1 Å². The summed E-state index contributed by atoms with van der Waals surface area (Å²) in [5.41, 5.74) is 1.11. The number of ether oxygens (including phenoxy) is 1. The number of amides is 1. The minimum atomic E-state index is -0.455. The largest absolute Gasteiger partial charge is 0.462 e. The molecule has 152 valence electrons. The predicted octanol–water partition coefficient (Wildman–Crippen LogP) is 4.23. The first-order chi connectivity index (χ1) is 13.7. The molecule has 2 heterocycles. The zero-order chi connectivity index (χ0) is 21.2. The quantitative estimate of drug-likeness (QED) is 0.623. The van der Waals surface area contributed by atoms with Crippen molar-refractivity contribution >= 4 is 28.3 Å². The number of hydrogen-bond donors (Lipinski definition) is 1. The number of nitrogens with zero attached hydrogens (tertiary/aromatic N) is 3. The fourth-order valence-electron chi connectivity index (χ4n) is 2.51. The molecule has 0 aliphatic rings. The van der Waals surface area contributed by atoms with Gasteiger partial charge in [-0.1, -0.05) is 49.4 Å². The molecule has 1 aromatic carbocycles. The summed E-state index contributed by atoms with van der Waals surface area (Å²) in [6.45, 7) is 9.63. The Bertz CT molecular complexity index is 1050. The van der Waals surface area contributed by atoms with E-state index in [2.05, 4.69) is 20.4 Å². The van der Waals surface area contributed by atoms with E-state index in [1.165, 1.54) is 0 Å². The average molecular weight is 414 g/mol. The topological polar surface area (TPSA) is 107 Å². The van der Waals surface area contributed by atoms with Crippen molar-refractivity contribution in [3.63, 3.8) is 0 Å². The van der Waals surface area contributed by atoms with Gasteiger partial charge in [-0.3, -0.25) is 10.1 Å². The lowest BCUT2D eigenvalue weighted by Gasteiger charge is -2.11. The summed E-state index contributed by atoms with van der Waals surface area (Å²) < 4.78 is 10.4. The van der Waals surface area contributed by atoms with Crippen molar-refractivity contribution in [2.75, 3.05) is 11.9 Å². The number of aromatic nitrogens is 3. The smallest absolute Gasteiger partial charge is 0.350 e. The molecule has 0 saturated carbocycles. The van der Waals surface area contributed by atoms with Crippen LogP contribution in [0.1, 0.15) is 59.2 Å². The van der Waals surface area contributed by atoms with E-state index < -0.39 is 5.97 Å². The van der Waals surface area contributed by atoms with Crippen LogP contribution >= 0.6 is 11.3 Å². The Kier molecular flexibility index (Phi) is 5.78. The molecule has 9 heteroatoms. The van der Waals surface area contributed by atoms with Crippen molar-refractivity contribution in [3.8, 4) is 11.5 Å². The summed E-state index contributed by atoms with van der Waals surface area (Å²) in [7, 11) is 0. The molecule has 1 N–H and O–H groups in total. The number of anilines is 1. The lowest BCUT2D eigenvalue weighted by atomic mass is 9.96. The van der Waals surface area contributed by atoms with E-state index in [1.807, 2.05) is 20.8 Å². The third kappa shape index (κ3) is 4.51. The van der Waals surface area contributed by atoms with Crippen LogP contribution in [0.15, 0.2) is 28.8 Å². The van der Waals surface area contributed by atoms with E-state index in [9.17, 15) is 9.59 Å². The van der Waals surface area contributed by atoms with Crippen molar-refractivity contribution in [1.82, 2.24) is 15.1 Å². The highest BCUT2D eigenvalue weighted by Crippen LogP contribution is 2.28. The number of carbonyl (C=O) groups is 2. The van der Waals surface area contributed by atoms with Crippen molar-refractivity contribution in [2.45, 2.75) is 40.0 Å².